The Kier molecular flexibility index (Phi) is 5.22. The zero-order valence-corrected chi connectivity index (χ0v) is 17.3. The quantitative estimate of drug-likeness (QED) is 0.666. The fraction of sp³-hybridized carbons (Fsp3) is 0.409. The molecule has 2 atom stereocenters. The number of anilines is 2. The average molecular weight is 390 g/mol. The van der Waals surface area contributed by atoms with Gasteiger partial charge in [-0.25, -0.2) is 9.97 Å². The standard InChI is InChI=1S/C22H26N6O/c1-15-9-16(21(11-23)28-8-7-17(13-28)29-4)5-6-19(15)27(3)22-10-20-18(12-24-22)25-14-26(20)2/h5-6,9-10,12,14,17,21H,7-8,13H2,1-4H3. The van der Waals surface area contributed by atoms with E-state index in [0.717, 1.165) is 53.2 Å². The first-order valence-corrected chi connectivity index (χ1v) is 9.79. The SMILES string of the molecule is COC1CCN(C(C#N)c2ccc(N(C)c3cc4c(cn3)ncn4C)c(C)c2)C1. The molecule has 1 saturated heterocycles. The summed E-state index contributed by atoms with van der Waals surface area (Å²) in [6.45, 7) is 3.75. The van der Waals surface area contributed by atoms with Crippen molar-refractivity contribution in [2.24, 2.45) is 7.05 Å². The third-order valence-corrected chi connectivity index (χ3v) is 5.84. The van der Waals surface area contributed by atoms with Crippen molar-refractivity contribution in [3.05, 3.63) is 47.9 Å². The molecule has 4 rings (SSSR count). The van der Waals surface area contributed by atoms with Crippen LogP contribution in [-0.2, 0) is 11.8 Å². The summed E-state index contributed by atoms with van der Waals surface area (Å²) < 4.78 is 7.45. The van der Waals surface area contributed by atoms with Crippen molar-refractivity contribution in [2.45, 2.75) is 25.5 Å². The van der Waals surface area contributed by atoms with Crippen LogP contribution in [0, 0.1) is 18.3 Å². The molecule has 7 nitrogen and oxygen atoms in total. The molecule has 2 aromatic heterocycles. The van der Waals surface area contributed by atoms with Crippen molar-refractivity contribution < 1.29 is 4.74 Å². The van der Waals surface area contributed by atoms with E-state index in [-0.39, 0.29) is 12.1 Å². The molecule has 0 spiro atoms. The van der Waals surface area contributed by atoms with Crippen molar-refractivity contribution in [1.29, 1.82) is 5.26 Å². The van der Waals surface area contributed by atoms with Crippen LogP contribution in [0.15, 0.2) is 36.8 Å². The van der Waals surface area contributed by atoms with E-state index in [0.29, 0.717) is 0 Å². The Labute approximate surface area is 171 Å². The predicted octanol–water partition coefficient (Wildman–Crippen LogP) is 3.33. The van der Waals surface area contributed by atoms with Crippen molar-refractivity contribution in [1.82, 2.24) is 19.4 Å². The lowest BCUT2D eigenvalue weighted by Gasteiger charge is -2.25. The Morgan fingerprint density at radius 2 is 2.14 bits per heavy atom. The highest BCUT2D eigenvalue weighted by atomic mass is 16.5. The lowest BCUT2D eigenvalue weighted by molar-refractivity contribution is 0.105. The Balaban J connectivity index is 1.60. The highest BCUT2D eigenvalue weighted by Gasteiger charge is 2.29. The second kappa shape index (κ2) is 7.82. The molecule has 0 bridgehead atoms. The molecule has 29 heavy (non-hydrogen) atoms. The first kappa shape index (κ1) is 19.4. The number of hydrogen-bond acceptors (Lipinski definition) is 6. The van der Waals surface area contributed by atoms with Gasteiger partial charge in [-0.15, -0.1) is 0 Å². The first-order valence-electron chi connectivity index (χ1n) is 9.79. The van der Waals surface area contributed by atoms with Gasteiger partial charge in [0.1, 0.15) is 17.4 Å². The normalized spacial score (nSPS) is 18.1. The molecule has 3 aromatic rings. The number of methoxy groups -OCH3 is 1. The molecule has 0 radical (unpaired) electrons. The summed E-state index contributed by atoms with van der Waals surface area (Å²) >= 11 is 0. The van der Waals surface area contributed by atoms with Crippen LogP contribution < -0.4 is 4.90 Å². The van der Waals surface area contributed by atoms with Crippen LogP contribution in [0.5, 0.6) is 0 Å². The van der Waals surface area contributed by atoms with Gasteiger partial charge in [0, 0.05) is 46.0 Å². The molecule has 0 amide bonds. The van der Waals surface area contributed by atoms with E-state index in [1.165, 1.54) is 0 Å². The number of hydrogen-bond donors (Lipinski definition) is 0. The number of ether oxygens (including phenoxy) is 1. The number of imidazole rings is 1. The van der Waals surface area contributed by atoms with Crippen molar-refractivity contribution >= 4 is 22.5 Å². The van der Waals surface area contributed by atoms with Gasteiger partial charge < -0.3 is 14.2 Å². The largest absolute Gasteiger partial charge is 0.380 e. The maximum absolute atomic E-state index is 9.79. The fourth-order valence-electron chi connectivity index (χ4n) is 4.10. The minimum absolute atomic E-state index is 0.213. The summed E-state index contributed by atoms with van der Waals surface area (Å²) in [5.74, 6) is 0.858. The second-order valence-corrected chi connectivity index (χ2v) is 7.66. The van der Waals surface area contributed by atoms with E-state index in [9.17, 15) is 5.26 Å². The van der Waals surface area contributed by atoms with Crippen molar-refractivity contribution in [3.63, 3.8) is 0 Å². The fourth-order valence-corrected chi connectivity index (χ4v) is 4.10. The number of pyridine rings is 1. The van der Waals surface area contributed by atoms with Crippen LogP contribution in [0.1, 0.15) is 23.6 Å². The zero-order chi connectivity index (χ0) is 20.5. The molecule has 2 unspecified atom stereocenters. The molecule has 0 saturated carbocycles. The highest BCUT2D eigenvalue weighted by Crippen LogP contribution is 2.32. The van der Waals surface area contributed by atoms with Gasteiger partial charge in [-0.1, -0.05) is 12.1 Å². The van der Waals surface area contributed by atoms with E-state index in [2.05, 4.69) is 51.0 Å². The molecule has 7 heteroatoms. The molecule has 0 N–H and O–H groups in total. The summed E-state index contributed by atoms with van der Waals surface area (Å²) in [6.07, 6.45) is 4.78. The molecule has 1 aliphatic rings. The van der Waals surface area contributed by atoms with Crippen LogP contribution in [0.25, 0.3) is 11.0 Å². The second-order valence-electron chi connectivity index (χ2n) is 7.66. The number of nitrogens with zero attached hydrogens (tertiary/aromatic N) is 6. The van der Waals surface area contributed by atoms with Crippen LogP contribution in [0.2, 0.25) is 0 Å². The Hall–Kier alpha value is -2.95. The van der Waals surface area contributed by atoms with Gasteiger partial charge in [0.25, 0.3) is 0 Å². The van der Waals surface area contributed by atoms with E-state index in [1.807, 2.05) is 24.7 Å². The minimum atomic E-state index is -0.253. The zero-order valence-electron chi connectivity index (χ0n) is 17.3. The summed E-state index contributed by atoms with van der Waals surface area (Å²) in [5.41, 5.74) is 5.13. The third kappa shape index (κ3) is 3.57. The van der Waals surface area contributed by atoms with Gasteiger partial charge in [0.2, 0.25) is 0 Å². The lowest BCUT2D eigenvalue weighted by atomic mass is 10.0. The molecule has 150 valence electrons. The predicted molar refractivity (Wildman–Crippen MR) is 113 cm³/mol. The first-order chi connectivity index (χ1) is 14.0. The molecule has 1 aliphatic heterocycles. The van der Waals surface area contributed by atoms with Crippen LogP contribution in [0.4, 0.5) is 11.5 Å². The Morgan fingerprint density at radius 1 is 1.31 bits per heavy atom. The minimum Gasteiger partial charge on any atom is -0.380 e. The van der Waals surface area contributed by atoms with Gasteiger partial charge in [-0.05, 0) is 30.5 Å². The third-order valence-electron chi connectivity index (χ3n) is 5.84. The van der Waals surface area contributed by atoms with Crippen LogP contribution >= 0.6 is 0 Å². The molecule has 1 aromatic carbocycles. The topological polar surface area (TPSA) is 70.2 Å². The highest BCUT2D eigenvalue weighted by molar-refractivity contribution is 5.79. The number of benzene rings is 1. The van der Waals surface area contributed by atoms with Gasteiger partial charge >= 0.3 is 0 Å². The number of rotatable bonds is 5. The average Bonchev–Trinajstić information content (AvgIpc) is 3.35. The maximum Gasteiger partial charge on any atom is 0.134 e. The monoisotopic (exact) mass is 390 g/mol. The van der Waals surface area contributed by atoms with Crippen LogP contribution in [0.3, 0.4) is 0 Å². The number of aryl methyl sites for hydroxylation is 2. The van der Waals surface area contributed by atoms with Gasteiger partial charge in [0.05, 0.1) is 30.2 Å². The summed E-state index contributed by atoms with van der Waals surface area (Å²) in [4.78, 5) is 13.2. The maximum atomic E-state index is 9.79. The van der Waals surface area contributed by atoms with Gasteiger partial charge in [-0.3, -0.25) is 4.90 Å². The summed E-state index contributed by atoms with van der Waals surface area (Å²) in [5, 5.41) is 9.79. The summed E-state index contributed by atoms with van der Waals surface area (Å²) in [6, 6.07) is 10.5. The Morgan fingerprint density at radius 3 is 2.83 bits per heavy atom. The number of fused-ring (bicyclic) bond motifs is 1. The van der Waals surface area contributed by atoms with E-state index in [4.69, 9.17) is 4.74 Å². The molecular weight excluding hydrogens is 364 g/mol. The van der Waals surface area contributed by atoms with Crippen LogP contribution in [-0.4, -0.2) is 52.8 Å². The van der Waals surface area contributed by atoms with Crippen molar-refractivity contribution in [3.8, 4) is 6.07 Å². The molecule has 3 heterocycles. The lowest BCUT2D eigenvalue weighted by Crippen LogP contribution is -2.27. The molecule has 0 aliphatic carbocycles. The number of nitriles is 1. The van der Waals surface area contributed by atoms with E-state index < -0.39 is 0 Å². The number of aromatic nitrogens is 3. The molecule has 1 fully saturated rings. The smallest absolute Gasteiger partial charge is 0.134 e. The Bertz CT molecular complexity index is 1070. The molecular formula is C22H26N6O. The van der Waals surface area contributed by atoms with E-state index >= 15 is 0 Å². The van der Waals surface area contributed by atoms with Crippen molar-refractivity contribution in [2.75, 3.05) is 32.1 Å². The summed E-state index contributed by atoms with van der Waals surface area (Å²) in [7, 11) is 5.73. The van der Waals surface area contributed by atoms with E-state index in [1.54, 1.807) is 19.6 Å². The van der Waals surface area contributed by atoms with Gasteiger partial charge in [-0.2, -0.15) is 5.26 Å². The van der Waals surface area contributed by atoms with Gasteiger partial charge in [0.15, 0.2) is 0 Å². The number of likely N-dealkylation sites (tertiary alicyclic amines) is 1.